The van der Waals surface area contributed by atoms with E-state index in [1.54, 1.807) is 0 Å². The fourth-order valence-electron chi connectivity index (χ4n) is 4.59. The molecule has 31 heavy (non-hydrogen) atoms. The summed E-state index contributed by atoms with van der Waals surface area (Å²) in [7, 11) is 0. The predicted molar refractivity (Wildman–Crippen MR) is 142 cm³/mol. The van der Waals surface area contributed by atoms with E-state index < -0.39 is 0 Å². The van der Waals surface area contributed by atoms with E-state index in [1.165, 1.54) is 161 Å². The van der Waals surface area contributed by atoms with Gasteiger partial charge >= 0.3 is 0 Å². The van der Waals surface area contributed by atoms with Crippen molar-refractivity contribution in [3.8, 4) is 0 Å². The molecule has 0 unspecified atom stereocenters. The topological polar surface area (TPSA) is 9.23 Å². The molecular formula is C30H61O. The van der Waals surface area contributed by atoms with Crippen molar-refractivity contribution in [1.82, 2.24) is 0 Å². The fraction of sp³-hybridized carbons (Fsp3) is 0.967. The molecule has 0 heterocycles. The third-order valence-corrected chi connectivity index (χ3v) is 6.74. The fourth-order valence-corrected chi connectivity index (χ4v) is 4.59. The van der Waals surface area contributed by atoms with Gasteiger partial charge in [-0.1, -0.05) is 167 Å². The van der Waals surface area contributed by atoms with Crippen molar-refractivity contribution >= 4 is 0 Å². The Morgan fingerprint density at radius 2 is 0.581 bits per heavy atom. The van der Waals surface area contributed by atoms with E-state index in [9.17, 15) is 0 Å². The molecule has 1 radical (unpaired) electrons. The first-order chi connectivity index (χ1) is 15.4. The molecule has 0 bridgehead atoms. The number of ether oxygens (including phenoxy) is 1. The van der Waals surface area contributed by atoms with Crippen LogP contribution in [0.3, 0.4) is 0 Å². The molecule has 0 amide bonds. The Bertz CT molecular complexity index is 260. The molecule has 0 aliphatic carbocycles. The van der Waals surface area contributed by atoms with Gasteiger partial charge in [0.15, 0.2) is 0 Å². The largest absolute Gasteiger partial charge is 0.382 e. The van der Waals surface area contributed by atoms with Gasteiger partial charge in [-0.3, -0.25) is 0 Å². The summed E-state index contributed by atoms with van der Waals surface area (Å²) in [5.41, 5.74) is 0. The number of unbranched alkanes of at least 4 members (excludes halogenated alkanes) is 25. The van der Waals surface area contributed by atoms with Crippen LogP contribution < -0.4 is 0 Å². The van der Waals surface area contributed by atoms with Crippen LogP contribution in [0.1, 0.15) is 174 Å². The second-order valence-electron chi connectivity index (χ2n) is 9.89. The maximum Gasteiger partial charge on any atom is 0.0465 e. The van der Waals surface area contributed by atoms with Gasteiger partial charge in [0.2, 0.25) is 0 Å². The molecule has 0 saturated heterocycles. The number of hydrogen-bond acceptors (Lipinski definition) is 1. The Morgan fingerprint density at radius 1 is 0.355 bits per heavy atom. The zero-order valence-electron chi connectivity index (χ0n) is 21.9. The van der Waals surface area contributed by atoms with Crippen LogP contribution in [0.25, 0.3) is 0 Å². The van der Waals surface area contributed by atoms with Crippen molar-refractivity contribution in [3.05, 3.63) is 6.92 Å². The van der Waals surface area contributed by atoms with Gasteiger partial charge in [0.05, 0.1) is 0 Å². The molecule has 1 heteroatoms. The van der Waals surface area contributed by atoms with E-state index in [0.29, 0.717) is 0 Å². The number of rotatable bonds is 28. The minimum Gasteiger partial charge on any atom is -0.382 e. The molecule has 0 aromatic heterocycles. The standard InChI is InChI=1S/C30H61O/c1-3-5-6-7-8-9-10-11-12-13-14-15-16-17-18-19-20-21-22-23-24-25-26-27-28-29-30-31-4-2/h1,3-30H2,2H3. The minimum absolute atomic E-state index is 0.873. The molecule has 0 N–H and O–H groups in total. The molecule has 0 aliphatic heterocycles. The second-order valence-corrected chi connectivity index (χ2v) is 9.89. The first-order valence-electron chi connectivity index (χ1n) is 14.8. The summed E-state index contributed by atoms with van der Waals surface area (Å²) in [6.45, 7) is 7.84. The smallest absolute Gasteiger partial charge is 0.0465 e. The van der Waals surface area contributed by atoms with Gasteiger partial charge in [0.25, 0.3) is 0 Å². The molecule has 0 atom stereocenters. The highest BCUT2D eigenvalue weighted by Gasteiger charge is 1.96. The maximum atomic E-state index is 5.39. The van der Waals surface area contributed by atoms with Gasteiger partial charge in [0.1, 0.15) is 0 Å². The molecule has 0 fully saturated rings. The van der Waals surface area contributed by atoms with Crippen molar-refractivity contribution in [3.63, 3.8) is 0 Å². The summed E-state index contributed by atoms with van der Waals surface area (Å²) in [6.07, 6.45) is 37.3. The highest BCUT2D eigenvalue weighted by Crippen LogP contribution is 2.15. The Morgan fingerprint density at radius 3 is 0.806 bits per heavy atom. The number of hydrogen-bond donors (Lipinski definition) is 0. The van der Waals surface area contributed by atoms with Gasteiger partial charge in [-0.2, -0.15) is 0 Å². The van der Waals surface area contributed by atoms with Crippen LogP contribution in [0.15, 0.2) is 0 Å². The summed E-state index contributed by atoms with van der Waals surface area (Å²) < 4.78 is 5.39. The van der Waals surface area contributed by atoms with Crippen LogP contribution in [-0.2, 0) is 4.74 Å². The van der Waals surface area contributed by atoms with Gasteiger partial charge in [-0.05, 0) is 13.3 Å². The van der Waals surface area contributed by atoms with Gasteiger partial charge in [-0.15, -0.1) is 0 Å². The van der Waals surface area contributed by atoms with Crippen LogP contribution in [0.4, 0.5) is 0 Å². The lowest BCUT2D eigenvalue weighted by Crippen LogP contribution is -1.92. The SMILES string of the molecule is [CH2]CCCCCCCCCCCCCCCCCCCCCCCCCCCOCC. The predicted octanol–water partition coefficient (Wildman–Crippen LogP) is 11.0. The van der Waals surface area contributed by atoms with Gasteiger partial charge in [0, 0.05) is 13.2 Å². The first-order valence-corrected chi connectivity index (χ1v) is 14.8. The van der Waals surface area contributed by atoms with E-state index in [2.05, 4.69) is 13.8 Å². The van der Waals surface area contributed by atoms with Gasteiger partial charge in [-0.25, -0.2) is 0 Å². The molecule has 0 aromatic rings. The lowest BCUT2D eigenvalue weighted by Gasteiger charge is -2.04. The van der Waals surface area contributed by atoms with E-state index in [-0.39, 0.29) is 0 Å². The van der Waals surface area contributed by atoms with Crippen LogP contribution in [0, 0.1) is 6.92 Å². The molecule has 187 valence electrons. The van der Waals surface area contributed by atoms with E-state index in [4.69, 9.17) is 4.74 Å². The Balaban J connectivity index is 2.98. The van der Waals surface area contributed by atoms with E-state index in [0.717, 1.165) is 19.6 Å². The summed E-state index contributed by atoms with van der Waals surface area (Å²) in [4.78, 5) is 0. The van der Waals surface area contributed by atoms with Crippen molar-refractivity contribution in [2.75, 3.05) is 13.2 Å². The summed E-state index contributed by atoms with van der Waals surface area (Å²) in [5, 5.41) is 0. The maximum absolute atomic E-state index is 5.39. The van der Waals surface area contributed by atoms with Crippen LogP contribution in [-0.4, -0.2) is 13.2 Å². The van der Waals surface area contributed by atoms with Crippen molar-refractivity contribution < 1.29 is 4.74 Å². The van der Waals surface area contributed by atoms with Crippen molar-refractivity contribution in [2.45, 2.75) is 174 Å². The van der Waals surface area contributed by atoms with Crippen LogP contribution in [0.2, 0.25) is 0 Å². The zero-order valence-corrected chi connectivity index (χ0v) is 21.9. The molecule has 0 aliphatic rings. The highest BCUT2D eigenvalue weighted by molar-refractivity contribution is 4.52. The lowest BCUT2D eigenvalue weighted by atomic mass is 10.0. The highest BCUT2D eigenvalue weighted by atomic mass is 16.5. The normalized spacial score (nSPS) is 11.4. The van der Waals surface area contributed by atoms with Crippen molar-refractivity contribution in [1.29, 1.82) is 0 Å². The molecule has 0 rings (SSSR count). The van der Waals surface area contributed by atoms with Crippen molar-refractivity contribution in [2.24, 2.45) is 0 Å². The minimum atomic E-state index is 0.873. The monoisotopic (exact) mass is 437 g/mol. The molecule has 0 spiro atoms. The zero-order chi connectivity index (χ0) is 22.5. The van der Waals surface area contributed by atoms with E-state index >= 15 is 0 Å². The third kappa shape index (κ3) is 30.0. The summed E-state index contributed by atoms with van der Waals surface area (Å²) in [5.74, 6) is 0. The van der Waals surface area contributed by atoms with Crippen LogP contribution >= 0.6 is 0 Å². The Hall–Kier alpha value is -0.0400. The average Bonchev–Trinajstić information content (AvgIpc) is 2.78. The quantitative estimate of drug-likeness (QED) is 0.111. The van der Waals surface area contributed by atoms with E-state index in [1.807, 2.05) is 0 Å². The summed E-state index contributed by atoms with van der Waals surface area (Å²) >= 11 is 0. The van der Waals surface area contributed by atoms with Gasteiger partial charge < -0.3 is 4.74 Å². The van der Waals surface area contributed by atoms with Crippen LogP contribution in [0.5, 0.6) is 0 Å². The third-order valence-electron chi connectivity index (χ3n) is 6.74. The molecule has 1 nitrogen and oxygen atoms in total. The Kier molecular flexibility index (Phi) is 29.9. The average molecular weight is 438 g/mol. The molecule has 0 aromatic carbocycles. The lowest BCUT2D eigenvalue weighted by molar-refractivity contribution is 0.143. The summed E-state index contributed by atoms with van der Waals surface area (Å²) in [6, 6.07) is 0. The Labute approximate surface area is 198 Å². The second kappa shape index (κ2) is 30.0. The molecule has 0 saturated carbocycles. The first kappa shape index (κ1) is 31.0. The molecular weight excluding hydrogens is 376 g/mol.